The summed E-state index contributed by atoms with van der Waals surface area (Å²) in [4.78, 5) is 29.3. The zero-order valence-electron chi connectivity index (χ0n) is 17.3. The molecule has 0 spiro atoms. The fourth-order valence-electron chi connectivity index (χ4n) is 3.50. The van der Waals surface area contributed by atoms with E-state index in [0.29, 0.717) is 41.6 Å². The topological polar surface area (TPSA) is 70.1 Å². The van der Waals surface area contributed by atoms with Gasteiger partial charge in [-0.2, -0.15) is 0 Å². The van der Waals surface area contributed by atoms with Gasteiger partial charge in [-0.15, -0.1) is 0 Å². The quantitative estimate of drug-likeness (QED) is 0.413. The van der Waals surface area contributed by atoms with Crippen LogP contribution in [0.1, 0.15) is 24.1 Å². The van der Waals surface area contributed by atoms with Crippen LogP contribution in [0, 0.1) is 0 Å². The van der Waals surface area contributed by atoms with Gasteiger partial charge in [0.05, 0.1) is 18.2 Å². The summed E-state index contributed by atoms with van der Waals surface area (Å²) < 4.78 is 5.60. The number of Topliss-reactive ketones (excluding diaryl/α,β-unsaturated/α-hetero) is 1. The summed E-state index contributed by atoms with van der Waals surface area (Å²) in [7, 11) is 3.79. The summed E-state index contributed by atoms with van der Waals surface area (Å²) in [6.45, 7) is 3.29. The first-order chi connectivity index (χ1) is 14.3. The SMILES string of the molecule is CCOc1cccc(C2/C(=C(/O)c3cccc(Cl)c3)C(=O)C(=O)N2CCN(C)C)c1. The number of aliphatic hydroxyl groups is 1. The molecule has 6 nitrogen and oxygen atoms in total. The first-order valence-corrected chi connectivity index (χ1v) is 10.1. The highest BCUT2D eigenvalue weighted by Gasteiger charge is 2.46. The number of amides is 1. The van der Waals surface area contributed by atoms with Crippen molar-refractivity contribution in [3.05, 3.63) is 70.3 Å². The number of ketones is 1. The second kappa shape index (κ2) is 9.32. The average Bonchev–Trinajstić information content (AvgIpc) is 2.97. The number of carbonyl (C=O) groups is 2. The number of benzene rings is 2. The Balaban J connectivity index is 2.15. The number of carbonyl (C=O) groups excluding carboxylic acids is 2. The van der Waals surface area contributed by atoms with Gasteiger partial charge in [0.1, 0.15) is 11.5 Å². The Labute approximate surface area is 181 Å². The molecule has 1 atom stereocenters. The van der Waals surface area contributed by atoms with Gasteiger partial charge < -0.3 is 19.6 Å². The van der Waals surface area contributed by atoms with Crippen molar-refractivity contribution in [3.63, 3.8) is 0 Å². The molecule has 1 aliphatic heterocycles. The van der Waals surface area contributed by atoms with E-state index in [4.69, 9.17) is 16.3 Å². The first kappa shape index (κ1) is 21.9. The number of hydrogen-bond donors (Lipinski definition) is 1. The molecule has 30 heavy (non-hydrogen) atoms. The maximum absolute atomic E-state index is 13.0. The number of likely N-dealkylation sites (N-methyl/N-ethyl adjacent to an activating group) is 1. The zero-order chi connectivity index (χ0) is 21.8. The molecule has 1 heterocycles. The Morgan fingerprint density at radius 2 is 1.90 bits per heavy atom. The van der Waals surface area contributed by atoms with Gasteiger partial charge in [-0.1, -0.05) is 35.9 Å². The summed E-state index contributed by atoms with van der Waals surface area (Å²) in [6, 6.07) is 13.1. The van der Waals surface area contributed by atoms with E-state index in [1.807, 2.05) is 44.1 Å². The zero-order valence-corrected chi connectivity index (χ0v) is 18.0. The van der Waals surface area contributed by atoms with Gasteiger partial charge in [-0.05, 0) is 50.8 Å². The van der Waals surface area contributed by atoms with Crippen LogP contribution >= 0.6 is 11.6 Å². The number of halogens is 1. The van der Waals surface area contributed by atoms with E-state index in [1.54, 1.807) is 30.3 Å². The minimum atomic E-state index is -0.718. The van der Waals surface area contributed by atoms with E-state index in [1.165, 1.54) is 4.90 Å². The predicted octanol–water partition coefficient (Wildman–Crippen LogP) is 3.72. The molecular weight excluding hydrogens is 404 g/mol. The molecule has 1 amide bonds. The molecule has 0 aliphatic carbocycles. The van der Waals surface area contributed by atoms with Crippen LogP contribution in [0.2, 0.25) is 5.02 Å². The number of nitrogens with zero attached hydrogens (tertiary/aromatic N) is 2. The molecule has 1 fully saturated rings. The van der Waals surface area contributed by atoms with Crippen LogP contribution in [0.25, 0.3) is 5.76 Å². The molecule has 0 bridgehead atoms. The maximum atomic E-state index is 13.0. The minimum Gasteiger partial charge on any atom is -0.507 e. The lowest BCUT2D eigenvalue weighted by atomic mass is 9.95. The lowest BCUT2D eigenvalue weighted by Gasteiger charge is -2.26. The molecule has 1 aliphatic rings. The monoisotopic (exact) mass is 428 g/mol. The number of hydrogen-bond acceptors (Lipinski definition) is 5. The normalized spacial score (nSPS) is 18.3. The van der Waals surface area contributed by atoms with Crippen LogP contribution in [-0.4, -0.2) is 60.4 Å². The molecule has 3 rings (SSSR count). The summed E-state index contributed by atoms with van der Waals surface area (Å²) in [6.07, 6.45) is 0. The smallest absolute Gasteiger partial charge is 0.295 e. The first-order valence-electron chi connectivity index (χ1n) is 9.75. The highest BCUT2D eigenvalue weighted by Crippen LogP contribution is 2.40. The van der Waals surface area contributed by atoms with Gasteiger partial charge in [0, 0.05) is 23.7 Å². The lowest BCUT2D eigenvalue weighted by Crippen LogP contribution is -2.35. The fraction of sp³-hybridized carbons (Fsp3) is 0.304. The Kier molecular flexibility index (Phi) is 6.80. The van der Waals surface area contributed by atoms with Crippen molar-refractivity contribution < 1.29 is 19.4 Å². The fourth-order valence-corrected chi connectivity index (χ4v) is 3.69. The van der Waals surface area contributed by atoms with Crippen molar-refractivity contribution in [2.24, 2.45) is 0 Å². The Hall–Kier alpha value is -2.83. The average molecular weight is 429 g/mol. The Bertz CT molecular complexity index is 987. The second-order valence-corrected chi connectivity index (χ2v) is 7.75. The maximum Gasteiger partial charge on any atom is 0.295 e. The molecule has 0 aromatic heterocycles. The van der Waals surface area contributed by atoms with E-state index >= 15 is 0 Å². The van der Waals surface area contributed by atoms with Crippen LogP contribution in [-0.2, 0) is 9.59 Å². The Morgan fingerprint density at radius 3 is 2.57 bits per heavy atom. The molecule has 7 heteroatoms. The number of aliphatic hydroxyl groups excluding tert-OH is 1. The minimum absolute atomic E-state index is 0.0506. The number of ether oxygens (including phenoxy) is 1. The van der Waals surface area contributed by atoms with E-state index in [2.05, 4.69) is 0 Å². The Morgan fingerprint density at radius 1 is 1.17 bits per heavy atom. The molecule has 158 valence electrons. The third kappa shape index (κ3) is 4.50. The lowest BCUT2D eigenvalue weighted by molar-refractivity contribution is -0.140. The molecule has 2 aromatic carbocycles. The van der Waals surface area contributed by atoms with Gasteiger partial charge in [0.2, 0.25) is 0 Å². The van der Waals surface area contributed by atoms with Crippen molar-refractivity contribution in [1.29, 1.82) is 0 Å². The molecule has 1 N–H and O–H groups in total. The van der Waals surface area contributed by atoms with Gasteiger partial charge in [-0.25, -0.2) is 0 Å². The van der Waals surface area contributed by atoms with Crippen LogP contribution in [0.15, 0.2) is 54.1 Å². The van der Waals surface area contributed by atoms with Crippen LogP contribution < -0.4 is 4.74 Å². The van der Waals surface area contributed by atoms with Gasteiger partial charge in [-0.3, -0.25) is 9.59 Å². The molecule has 0 saturated carbocycles. The number of rotatable bonds is 7. The number of likely N-dealkylation sites (tertiary alicyclic amines) is 1. The third-order valence-corrected chi connectivity index (χ3v) is 5.15. The van der Waals surface area contributed by atoms with Crippen molar-refractivity contribution in [1.82, 2.24) is 9.80 Å². The van der Waals surface area contributed by atoms with Crippen molar-refractivity contribution in [3.8, 4) is 5.75 Å². The van der Waals surface area contributed by atoms with Crippen LogP contribution in [0.4, 0.5) is 0 Å². The van der Waals surface area contributed by atoms with Gasteiger partial charge in [0.25, 0.3) is 11.7 Å². The summed E-state index contributed by atoms with van der Waals surface area (Å²) >= 11 is 6.06. The standard InChI is InChI=1S/C23H25ClN2O4/c1-4-30-18-10-6-7-15(14-18)20-19(21(27)16-8-5-9-17(24)13-16)22(28)23(29)26(20)12-11-25(2)3/h5-10,13-14,20,27H,4,11-12H2,1-3H3/b21-19-. The largest absolute Gasteiger partial charge is 0.507 e. The summed E-state index contributed by atoms with van der Waals surface area (Å²) in [5.41, 5.74) is 1.14. The van der Waals surface area contributed by atoms with Crippen molar-refractivity contribution >= 4 is 29.1 Å². The van der Waals surface area contributed by atoms with E-state index < -0.39 is 17.7 Å². The highest BCUT2D eigenvalue weighted by atomic mass is 35.5. The van der Waals surface area contributed by atoms with E-state index in [0.717, 1.165) is 0 Å². The second-order valence-electron chi connectivity index (χ2n) is 7.31. The van der Waals surface area contributed by atoms with E-state index in [9.17, 15) is 14.7 Å². The molecule has 2 aromatic rings. The molecule has 0 radical (unpaired) electrons. The summed E-state index contributed by atoms with van der Waals surface area (Å²) in [5, 5.41) is 11.4. The molecule has 1 unspecified atom stereocenters. The van der Waals surface area contributed by atoms with Gasteiger partial charge in [0.15, 0.2) is 0 Å². The van der Waals surface area contributed by atoms with Crippen molar-refractivity contribution in [2.75, 3.05) is 33.8 Å². The summed E-state index contributed by atoms with van der Waals surface area (Å²) in [5.74, 6) is -0.948. The van der Waals surface area contributed by atoms with Crippen LogP contribution in [0.3, 0.4) is 0 Å². The third-order valence-electron chi connectivity index (χ3n) is 4.91. The van der Waals surface area contributed by atoms with Crippen molar-refractivity contribution in [2.45, 2.75) is 13.0 Å². The highest BCUT2D eigenvalue weighted by molar-refractivity contribution is 6.46. The molecular formula is C23H25ClN2O4. The van der Waals surface area contributed by atoms with E-state index in [-0.39, 0.29) is 11.3 Å². The van der Waals surface area contributed by atoms with Crippen LogP contribution in [0.5, 0.6) is 5.75 Å². The predicted molar refractivity (Wildman–Crippen MR) is 117 cm³/mol. The molecule has 1 saturated heterocycles. The van der Waals surface area contributed by atoms with Gasteiger partial charge >= 0.3 is 0 Å².